The third-order valence-electron chi connectivity index (χ3n) is 6.83. The Balaban J connectivity index is 1.63. The summed E-state index contributed by atoms with van der Waals surface area (Å²) < 4.78 is 0. The van der Waals surface area contributed by atoms with Crippen LogP contribution in [-0.4, -0.2) is 64.7 Å². The lowest BCUT2D eigenvalue weighted by Gasteiger charge is -2.57. The van der Waals surface area contributed by atoms with Crippen molar-refractivity contribution in [3.05, 3.63) is 59.2 Å². The molecule has 0 saturated carbocycles. The molecule has 7 nitrogen and oxygen atoms in total. The number of aromatic carboxylic acids is 1. The molecule has 0 spiro atoms. The summed E-state index contributed by atoms with van der Waals surface area (Å²) in [6.07, 6.45) is 1.70. The first-order valence-corrected chi connectivity index (χ1v) is 10.1. The van der Waals surface area contributed by atoms with Crippen molar-refractivity contribution >= 4 is 17.7 Å². The Kier molecular flexibility index (Phi) is 4.94. The smallest absolute Gasteiger partial charge is 0.335 e. The molecule has 2 amide bonds. The average molecular weight is 409 g/mol. The number of carboxylic acid groups (broad SMARTS) is 1. The summed E-state index contributed by atoms with van der Waals surface area (Å²) in [6.45, 7) is 3.11. The Hall–Kier alpha value is -3.06. The van der Waals surface area contributed by atoms with Crippen LogP contribution in [0.5, 0.6) is 5.75 Å². The molecular formula is C23H27N3O4. The number of likely N-dealkylation sites (N-methyl/N-ethyl adjacent to an activating group) is 2. The van der Waals surface area contributed by atoms with E-state index in [0.717, 1.165) is 24.9 Å². The molecule has 3 atom stereocenters. The number of anilines is 1. The van der Waals surface area contributed by atoms with Crippen LogP contribution in [0.25, 0.3) is 0 Å². The number of benzene rings is 2. The number of aromatic hydroxyl groups is 1. The van der Waals surface area contributed by atoms with Gasteiger partial charge >= 0.3 is 12.0 Å². The second-order valence-corrected chi connectivity index (χ2v) is 8.63. The number of rotatable bonds is 3. The van der Waals surface area contributed by atoms with Crippen molar-refractivity contribution in [2.75, 3.05) is 26.0 Å². The first-order valence-electron chi connectivity index (χ1n) is 10.1. The number of carbonyl (C=O) groups excluding carboxylic acids is 1. The third kappa shape index (κ3) is 3.29. The number of likely N-dealkylation sites (tertiary alicyclic amines) is 1. The minimum Gasteiger partial charge on any atom is -0.508 e. The molecule has 4 rings (SSSR count). The maximum atomic E-state index is 13.1. The van der Waals surface area contributed by atoms with Gasteiger partial charge in [0.2, 0.25) is 0 Å². The molecule has 0 aromatic heterocycles. The van der Waals surface area contributed by atoms with Crippen molar-refractivity contribution in [2.45, 2.75) is 37.3 Å². The van der Waals surface area contributed by atoms with Gasteiger partial charge in [-0.05, 0) is 74.0 Å². The number of piperidine rings is 1. The predicted molar refractivity (Wildman–Crippen MR) is 114 cm³/mol. The standard InChI is InChI=1S/C23H27N3O4/c1-23-10-11-25(2)19(12-15-6-9-17(27)13-18(15)23)20(23)26(3)22(30)24-16-7-4-14(5-8-16)21(28)29/h4-9,13,19-20,27H,10-12H2,1-3H3,(H,24,30)(H,28,29)/t19-,20+,23+/m1/s1. The number of hydrogen-bond acceptors (Lipinski definition) is 4. The Morgan fingerprint density at radius 1 is 1.20 bits per heavy atom. The van der Waals surface area contributed by atoms with E-state index < -0.39 is 5.97 Å². The third-order valence-corrected chi connectivity index (χ3v) is 6.83. The summed E-state index contributed by atoms with van der Waals surface area (Å²) >= 11 is 0. The SMILES string of the molecule is CN1CC[C@@]2(C)c3cc(O)ccc3C[C@@H]1[C@@H]2N(C)C(=O)Nc1ccc(C(=O)O)cc1. The van der Waals surface area contributed by atoms with Gasteiger partial charge in [-0.25, -0.2) is 9.59 Å². The molecule has 2 aliphatic rings. The fourth-order valence-corrected chi connectivity index (χ4v) is 5.17. The molecule has 1 fully saturated rings. The van der Waals surface area contributed by atoms with Crippen LogP contribution in [0, 0.1) is 0 Å². The minimum absolute atomic E-state index is 0.0659. The zero-order chi connectivity index (χ0) is 21.6. The zero-order valence-corrected chi connectivity index (χ0v) is 17.4. The van der Waals surface area contributed by atoms with Crippen LogP contribution < -0.4 is 5.32 Å². The highest BCUT2D eigenvalue weighted by Crippen LogP contribution is 2.47. The van der Waals surface area contributed by atoms with Gasteiger partial charge in [-0.2, -0.15) is 0 Å². The molecule has 2 bridgehead atoms. The van der Waals surface area contributed by atoms with Crippen LogP contribution in [0.15, 0.2) is 42.5 Å². The van der Waals surface area contributed by atoms with Crippen LogP contribution in [0.3, 0.4) is 0 Å². The van der Waals surface area contributed by atoms with Crippen LogP contribution in [0.1, 0.15) is 34.8 Å². The lowest BCUT2D eigenvalue weighted by atomic mass is 9.61. The van der Waals surface area contributed by atoms with Gasteiger partial charge in [-0.15, -0.1) is 0 Å². The summed E-state index contributed by atoms with van der Waals surface area (Å²) in [5, 5.41) is 22.0. The Morgan fingerprint density at radius 3 is 2.57 bits per heavy atom. The number of nitrogens with one attached hydrogen (secondary N) is 1. The fraction of sp³-hybridized carbons (Fsp3) is 0.391. The van der Waals surface area contributed by atoms with Gasteiger partial charge in [0.25, 0.3) is 0 Å². The minimum atomic E-state index is -1.00. The second-order valence-electron chi connectivity index (χ2n) is 8.63. The van der Waals surface area contributed by atoms with E-state index >= 15 is 0 Å². The van der Waals surface area contributed by atoms with Gasteiger partial charge in [0.05, 0.1) is 11.6 Å². The normalized spacial score (nSPS) is 25.3. The Morgan fingerprint density at radius 2 is 1.90 bits per heavy atom. The number of hydrogen-bond donors (Lipinski definition) is 3. The Bertz CT molecular complexity index is 990. The average Bonchev–Trinajstić information content (AvgIpc) is 2.71. The maximum Gasteiger partial charge on any atom is 0.335 e. The molecule has 3 N–H and O–H groups in total. The number of phenolic OH excluding ortho intramolecular Hbond substituents is 1. The van der Waals surface area contributed by atoms with Gasteiger partial charge < -0.3 is 25.3 Å². The van der Waals surface area contributed by atoms with Crippen molar-refractivity contribution < 1.29 is 19.8 Å². The van der Waals surface area contributed by atoms with Crippen LogP contribution in [0.2, 0.25) is 0 Å². The lowest BCUT2D eigenvalue weighted by molar-refractivity contribution is 0.0213. The summed E-state index contributed by atoms with van der Waals surface area (Å²) in [4.78, 5) is 28.2. The van der Waals surface area contributed by atoms with Crippen LogP contribution >= 0.6 is 0 Å². The van der Waals surface area contributed by atoms with Crippen molar-refractivity contribution in [1.82, 2.24) is 9.80 Å². The number of carbonyl (C=O) groups is 2. The van der Waals surface area contributed by atoms with Gasteiger partial charge in [0.1, 0.15) is 5.75 Å². The van der Waals surface area contributed by atoms with E-state index in [1.165, 1.54) is 17.7 Å². The molecule has 158 valence electrons. The monoisotopic (exact) mass is 409 g/mol. The highest BCUT2D eigenvalue weighted by molar-refractivity contribution is 5.91. The van der Waals surface area contributed by atoms with Crippen molar-refractivity contribution in [3.63, 3.8) is 0 Å². The second kappa shape index (κ2) is 7.32. The number of carboxylic acids is 1. The van der Waals surface area contributed by atoms with E-state index in [9.17, 15) is 14.7 Å². The highest BCUT2D eigenvalue weighted by Gasteiger charge is 2.52. The van der Waals surface area contributed by atoms with Gasteiger partial charge in [0, 0.05) is 24.2 Å². The summed E-state index contributed by atoms with van der Waals surface area (Å²) in [6, 6.07) is 11.6. The maximum absolute atomic E-state index is 13.1. The van der Waals surface area contributed by atoms with E-state index in [1.54, 1.807) is 23.1 Å². The molecule has 1 saturated heterocycles. The van der Waals surface area contributed by atoms with E-state index in [2.05, 4.69) is 24.2 Å². The molecule has 2 aromatic carbocycles. The molecule has 0 unspecified atom stereocenters. The quantitative estimate of drug-likeness (QED) is 0.724. The summed E-state index contributed by atoms with van der Waals surface area (Å²) in [5.74, 6) is -0.755. The summed E-state index contributed by atoms with van der Waals surface area (Å²) in [5.41, 5.74) is 2.79. The van der Waals surface area contributed by atoms with Gasteiger partial charge in [-0.3, -0.25) is 0 Å². The number of fused-ring (bicyclic) bond motifs is 4. The number of urea groups is 1. The topological polar surface area (TPSA) is 93.1 Å². The predicted octanol–water partition coefficient (Wildman–Crippen LogP) is 3.14. The van der Waals surface area contributed by atoms with Crippen molar-refractivity contribution in [3.8, 4) is 5.75 Å². The summed E-state index contributed by atoms with van der Waals surface area (Å²) in [7, 11) is 3.91. The van der Waals surface area contributed by atoms with E-state index in [1.807, 2.05) is 19.2 Å². The zero-order valence-electron chi connectivity index (χ0n) is 17.4. The van der Waals surface area contributed by atoms with E-state index in [4.69, 9.17) is 5.11 Å². The molecule has 7 heteroatoms. The van der Waals surface area contributed by atoms with Gasteiger partial charge in [-0.1, -0.05) is 13.0 Å². The van der Waals surface area contributed by atoms with Crippen molar-refractivity contribution in [1.29, 1.82) is 0 Å². The largest absolute Gasteiger partial charge is 0.508 e. The first-order chi connectivity index (χ1) is 14.2. The highest BCUT2D eigenvalue weighted by atomic mass is 16.4. The molecule has 30 heavy (non-hydrogen) atoms. The lowest BCUT2D eigenvalue weighted by Crippen LogP contribution is -2.67. The Labute approximate surface area is 175 Å². The van der Waals surface area contributed by atoms with E-state index in [0.29, 0.717) is 5.69 Å². The molecule has 1 heterocycles. The molecule has 1 aliphatic heterocycles. The molecule has 2 aromatic rings. The number of amides is 2. The van der Waals surface area contributed by atoms with Gasteiger partial charge in [0.15, 0.2) is 0 Å². The van der Waals surface area contributed by atoms with Crippen molar-refractivity contribution in [2.24, 2.45) is 0 Å². The number of phenols is 1. The molecule has 1 aliphatic carbocycles. The number of nitrogens with zero attached hydrogens (tertiary/aromatic N) is 2. The molecule has 0 radical (unpaired) electrons. The van der Waals surface area contributed by atoms with Crippen LogP contribution in [-0.2, 0) is 11.8 Å². The fourth-order valence-electron chi connectivity index (χ4n) is 5.17. The van der Waals surface area contributed by atoms with E-state index in [-0.39, 0.29) is 34.8 Å². The van der Waals surface area contributed by atoms with Crippen LogP contribution in [0.4, 0.5) is 10.5 Å². The first kappa shape index (κ1) is 20.2. The molecular weight excluding hydrogens is 382 g/mol.